The average Bonchev–Trinajstić information content (AvgIpc) is 2.89. The third kappa shape index (κ3) is 5.38. The molecule has 1 atom stereocenters. The maximum atomic E-state index is 13.5. The Morgan fingerprint density at radius 3 is 2.24 bits per heavy atom. The lowest BCUT2D eigenvalue weighted by atomic mass is 10.0. The van der Waals surface area contributed by atoms with Crippen molar-refractivity contribution in [2.24, 2.45) is 0 Å². The fraction of sp³-hybridized carbons (Fsp3) is 0.259. The fourth-order valence-corrected chi connectivity index (χ4v) is 4.29. The Morgan fingerprint density at radius 1 is 0.941 bits per heavy atom. The summed E-state index contributed by atoms with van der Waals surface area (Å²) in [5.74, 6) is -0.469. The van der Waals surface area contributed by atoms with Gasteiger partial charge in [0.25, 0.3) is 0 Å². The zero-order valence-electron chi connectivity index (χ0n) is 19.2. The first-order valence-electron chi connectivity index (χ1n) is 11.4. The number of phenols is 1. The van der Waals surface area contributed by atoms with Gasteiger partial charge in [0.05, 0.1) is 24.4 Å². The summed E-state index contributed by atoms with van der Waals surface area (Å²) in [5.41, 5.74) is 2.55. The molecular formula is C27H29N3O4. The molecule has 34 heavy (non-hydrogen) atoms. The van der Waals surface area contributed by atoms with E-state index in [0.717, 1.165) is 26.2 Å². The van der Waals surface area contributed by atoms with Crippen molar-refractivity contribution in [3.05, 3.63) is 90.0 Å². The Bertz CT molecular complexity index is 1110. The van der Waals surface area contributed by atoms with Gasteiger partial charge in [-0.2, -0.15) is 0 Å². The molecule has 0 spiro atoms. The SMILES string of the molecule is COC(=O)c1ccc(O)cc1NCC(C(=O)c1ccccc1)N1CCN(c2ccccc2)CC1. The Hall–Kier alpha value is -3.84. The molecule has 0 amide bonds. The van der Waals surface area contributed by atoms with E-state index in [9.17, 15) is 14.7 Å². The van der Waals surface area contributed by atoms with Gasteiger partial charge in [0.2, 0.25) is 0 Å². The van der Waals surface area contributed by atoms with E-state index in [0.29, 0.717) is 16.8 Å². The summed E-state index contributed by atoms with van der Waals surface area (Å²) in [7, 11) is 1.31. The molecule has 0 aromatic heterocycles. The Kier molecular flexibility index (Phi) is 7.44. The van der Waals surface area contributed by atoms with Gasteiger partial charge in [0.15, 0.2) is 5.78 Å². The van der Waals surface area contributed by atoms with Crippen LogP contribution >= 0.6 is 0 Å². The van der Waals surface area contributed by atoms with Crippen molar-refractivity contribution in [3.63, 3.8) is 0 Å². The topological polar surface area (TPSA) is 82.1 Å². The van der Waals surface area contributed by atoms with Gasteiger partial charge in [-0.1, -0.05) is 48.5 Å². The first-order valence-corrected chi connectivity index (χ1v) is 11.4. The molecule has 0 bridgehead atoms. The predicted octanol–water partition coefficient (Wildman–Crippen LogP) is 3.66. The number of nitrogens with zero attached hydrogens (tertiary/aromatic N) is 2. The van der Waals surface area contributed by atoms with Crippen LogP contribution in [-0.4, -0.2) is 67.6 Å². The van der Waals surface area contributed by atoms with E-state index in [-0.39, 0.29) is 18.1 Å². The molecule has 2 N–H and O–H groups in total. The van der Waals surface area contributed by atoms with Crippen molar-refractivity contribution in [1.29, 1.82) is 0 Å². The number of nitrogens with one attached hydrogen (secondary N) is 1. The van der Waals surface area contributed by atoms with Gasteiger partial charge in [0.1, 0.15) is 5.75 Å². The number of carbonyl (C=O) groups is 2. The third-order valence-electron chi connectivity index (χ3n) is 6.13. The van der Waals surface area contributed by atoms with Crippen LogP contribution in [0.1, 0.15) is 20.7 Å². The Balaban J connectivity index is 1.53. The van der Waals surface area contributed by atoms with Gasteiger partial charge in [-0.05, 0) is 24.3 Å². The van der Waals surface area contributed by atoms with Gasteiger partial charge < -0.3 is 20.1 Å². The second-order valence-electron chi connectivity index (χ2n) is 8.21. The van der Waals surface area contributed by atoms with Gasteiger partial charge in [-0.15, -0.1) is 0 Å². The van der Waals surface area contributed by atoms with Gasteiger partial charge in [-0.3, -0.25) is 9.69 Å². The van der Waals surface area contributed by atoms with Crippen LogP contribution in [-0.2, 0) is 4.74 Å². The van der Waals surface area contributed by atoms with E-state index in [1.54, 1.807) is 0 Å². The number of anilines is 2. The molecule has 7 heteroatoms. The van der Waals surface area contributed by atoms with Crippen LogP contribution in [0.2, 0.25) is 0 Å². The highest BCUT2D eigenvalue weighted by atomic mass is 16.5. The van der Waals surface area contributed by atoms with E-state index >= 15 is 0 Å². The number of benzene rings is 3. The molecule has 1 unspecified atom stereocenters. The molecule has 1 aliphatic rings. The zero-order chi connectivity index (χ0) is 23.9. The lowest BCUT2D eigenvalue weighted by Crippen LogP contribution is -2.55. The molecule has 0 radical (unpaired) electrons. The van der Waals surface area contributed by atoms with Crippen LogP contribution in [0.25, 0.3) is 0 Å². The predicted molar refractivity (Wildman–Crippen MR) is 133 cm³/mol. The number of esters is 1. The molecule has 3 aromatic rings. The molecule has 1 fully saturated rings. The lowest BCUT2D eigenvalue weighted by molar-refractivity contribution is 0.0601. The van der Waals surface area contributed by atoms with E-state index in [2.05, 4.69) is 27.2 Å². The van der Waals surface area contributed by atoms with Gasteiger partial charge >= 0.3 is 5.97 Å². The number of phenolic OH excluding ortho intramolecular Hbond substituents is 1. The molecule has 0 saturated carbocycles. The first-order chi connectivity index (χ1) is 16.6. The lowest BCUT2D eigenvalue weighted by Gasteiger charge is -2.40. The Morgan fingerprint density at radius 2 is 1.59 bits per heavy atom. The van der Waals surface area contributed by atoms with E-state index in [1.165, 1.54) is 31.0 Å². The molecule has 7 nitrogen and oxygen atoms in total. The molecule has 1 aliphatic heterocycles. The summed E-state index contributed by atoms with van der Waals surface area (Å²) < 4.78 is 4.87. The summed E-state index contributed by atoms with van der Waals surface area (Å²) in [6.07, 6.45) is 0. The number of hydrogen-bond acceptors (Lipinski definition) is 7. The third-order valence-corrected chi connectivity index (χ3v) is 6.13. The van der Waals surface area contributed by atoms with Gasteiger partial charge in [-0.25, -0.2) is 4.79 Å². The molecule has 1 saturated heterocycles. The zero-order valence-corrected chi connectivity index (χ0v) is 19.2. The molecule has 176 valence electrons. The number of para-hydroxylation sites is 1. The van der Waals surface area contributed by atoms with Gasteiger partial charge in [0, 0.05) is 50.0 Å². The second kappa shape index (κ2) is 10.9. The van der Waals surface area contributed by atoms with Crippen molar-refractivity contribution in [2.45, 2.75) is 6.04 Å². The number of hydrogen-bond donors (Lipinski definition) is 2. The Labute approximate surface area is 199 Å². The molecule has 1 heterocycles. The van der Waals surface area contributed by atoms with Crippen LogP contribution in [0.5, 0.6) is 5.75 Å². The minimum atomic E-state index is -0.509. The van der Waals surface area contributed by atoms with Crippen LogP contribution in [0.3, 0.4) is 0 Å². The minimum Gasteiger partial charge on any atom is -0.508 e. The summed E-state index contributed by atoms with van der Waals surface area (Å²) in [6.45, 7) is 3.35. The number of ether oxygens (including phenoxy) is 1. The maximum Gasteiger partial charge on any atom is 0.339 e. The molecular weight excluding hydrogens is 430 g/mol. The van der Waals surface area contributed by atoms with Crippen LogP contribution < -0.4 is 10.2 Å². The van der Waals surface area contributed by atoms with Crippen LogP contribution in [0.4, 0.5) is 11.4 Å². The standard InChI is InChI=1S/C27H29N3O4/c1-34-27(33)23-13-12-22(31)18-24(23)28-19-25(26(32)20-8-4-2-5-9-20)30-16-14-29(15-17-30)21-10-6-3-7-11-21/h2-13,18,25,28,31H,14-17,19H2,1H3. The summed E-state index contributed by atoms with van der Waals surface area (Å²) >= 11 is 0. The quantitative estimate of drug-likeness (QED) is 0.393. The highest BCUT2D eigenvalue weighted by molar-refractivity contribution is 6.01. The maximum absolute atomic E-state index is 13.5. The smallest absolute Gasteiger partial charge is 0.339 e. The second-order valence-corrected chi connectivity index (χ2v) is 8.21. The van der Waals surface area contributed by atoms with E-state index in [4.69, 9.17) is 4.74 Å². The molecule has 3 aromatic carbocycles. The molecule has 0 aliphatic carbocycles. The number of rotatable bonds is 8. The first kappa shape index (κ1) is 23.3. The van der Waals surface area contributed by atoms with Crippen molar-refractivity contribution in [1.82, 2.24) is 4.90 Å². The van der Waals surface area contributed by atoms with Crippen molar-refractivity contribution in [2.75, 3.05) is 50.1 Å². The van der Waals surface area contributed by atoms with Crippen molar-refractivity contribution < 1.29 is 19.4 Å². The number of ketones is 1. The van der Waals surface area contributed by atoms with E-state index < -0.39 is 12.0 Å². The van der Waals surface area contributed by atoms with E-state index in [1.807, 2.05) is 48.5 Å². The van der Waals surface area contributed by atoms with Crippen molar-refractivity contribution in [3.8, 4) is 5.75 Å². The number of methoxy groups -OCH3 is 1. The van der Waals surface area contributed by atoms with Crippen LogP contribution in [0.15, 0.2) is 78.9 Å². The number of aromatic hydroxyl groups is 1. The number of carbonyl (C=O) groups excluding carboxylic acids is 2. The number of Topliss-reactive ketones (excluding diaryl/α,β-unsaturated/α-hetero) is 1. The normalized spacial score (nSPS) is 14.9. The summed E-state index contributed by atoms with van der Waals surface area (Å²) in [6, 6.07) is 23.5. The summed E-state index contributed by atoms with van der Waals surface area (Å²) in [4.78, 5) is 30.2. The summed E-state index contributed by atoms with van der Waals surface area (Å²) in [5, 5.41) is 13.2. The fourth-order valence-electron chi connectivity index (χ4n) is 4.29. The average molecular weight is 460 g/mol. The monoisotopic (exact) mass is 459 g/mol. The largest absolute Gasteiger partial charge is 0.508 e. The highest BCUT2D eigenvalue weighted by Gasteiger charge is 2.30. The van der Waals surface area contributed by atoms with Crippen LogP contribution in [0, 0.1) is 0 Å². The molecule has 4 rings (SSSR count). The van der Waals surface area contributed by atoms with Crippen molar-refractivity contribution >= 4 is 23.1 Å². The highest BCUT2D eigenvalue weighted by Crippen LogP contribution is 2.24. The minimum absolute atomic E-state index is 0.0148. The number of piperazine rings is 1.